The molecule has 226 valence electrons. The normalized spacial score (nSPS) is 22.1. The Kier molecular flexibility index (Phi) is 9.52. The van der Waals surface area contributed by atoms with E-state index in [1.54, 1.807) is 12.1 Å². The zero-order chi connectivity index (χ0) is 31.3. The molecule has 1 saturated heterocycles. The summed E-state index contributed by atoms with van der Waals surface area (Å²) in [5.74, 6) is -4.44. The predicted octanol–water partition coefficient (Wildman–Crippen LogP) is 1.55. The summed E-state index contributed by atoms with van der Waals surface area (Å²) in [6.07, 6.45) is -3.53. The molecular formula is C30H28O13. The van der Waals surface area contributed by atoms with Gasteiger partial charge in [-0.1, -0.05) is 24.3 Å². The van der Waals surface area contributed by atoms with E-state index < -0.39 is 72.1 Å². The molecule has 4 rings (SSSR count). The third-order valence-electron chi connectivity index (χ3n) is 6.41. The van der Waals surface area contributed by atoms with Crippen LogP contribution in [0.5, 0.6) is 34.5 Å². The highest BCUT2D eigenvalue weighted by atomic mass is 16.7. The number of aromatic hydroxyl groups is 5. The van der Waals surface area contributed by atoms with Crippen molar-refractivity contribution in [1.82, 2.24) is 0 Å². The number of carbonyl (C=O) groups excluding carboxylic acids is 2. The number of benzene rings is 3. The first-order chi connectivity index (χ1) is 20.4. The SMILES string of the molecule is O=C(/C=C/c1ccc(O)cc1)OC[C@@H]1O[C@@H](Oc2ccc(C(=O)/C=C/c3ccc(O)c(O)c3)c(O)c2O)[C@@H](O)[C@@H](O)[C@H]1O. The fourth-order valence-corrected chi connectivity index (χ4v) is 4.00. The van der Waals surface area contributed by atoms with Gasteiger partial charge in [-0.15, -0.1) is 0 Å². The molecule has 8 N–H and O–H groups in total. The van der Waals surface area contributed by atoms with Crippen LogP contribution in [0.1, 0.15) is 21.5 Å². The number of hydrogen-bond donors (Lipinski definition) is 8. The predicted molar refractivity (Wildman–Crippen MR) is 148 cm³/mol. The number of carbonyl (C=O) groups is 2. The summed E-state index contributed by atoms with van der Waals surface area (Å²) in [6, 6.07) is 12.0. The van der Waals surface area contributed by atoms with E-state index in [-0.39, 0.29) is 17.1 Å². The number of aliphatic hydroxyl groups excluding tert-OH is 3. The molecule has 0 radical (unpaired) electrons. The Morgan fingerprint density at radius 3 is 2.12 bits per heavy atom. The van der Waals surface area contributed by atoms with Gasteiger partial charge in [0.15, 0.2) is 28.8 Å². The van der Waals surface area contributed by atoms with Gasteiger partial charge in [-0.3, -0.25) is 4.79 Å². The summed E-state index contributed by atoms with van der Waals surface area (Å²) in [5, 5.41) is 80.2. The number of esters is 1. The summed E-state index contributed by atoms with van der Waals surface area (Å²) < 4.78 is 16.0. The van der Waals surface area contributed by atoms with Gasteiger partial charge in [-0.2, -0.15) is 0 Å². The third kappa shape index (κ3) is 7.42. The molecule has 0 spiro atoms. The molecule has 13 heteroatoms. The molecule has 3 aromatic rings. The van der Waals surface area contributed by atoms with Crippen LogP contribution >= 0.6 is 0 Å². The van der Waals surface area contributed by atoms with Gasteiger partial charge in [0.1, 0.15) is 36.8 Å². The van der Waals surface area contributed by atoms with Crippen LogP contribution in [0.15, 0.2) is 66.7 Å². The van der Waals surface area contributed by atoms with Crippen molar-refractivity contribution in [2.45, 2.75) is 30.7 Å². The van der Waals surface area contributed by atoms with Crippen molar-refractivity contribution in [3.8, 4) is 34.5 Å². The van der Waals surface area contributed by atoms with Crippen molar-refractivity contribution in [3.05, 3.63) is 83.4 Å². The molecule has 0 bridgehead atoms. The van der Waals surface area contributed by atoms with Crippen LogP contribution in [0.3, 0.4) is 0 Å². The number of rotatable bonds is 9. The molecule has 0 aromatic heterocycles. The highest BCUT2D eigenvalue weighted by molar-refractivity contribution is 6.09. The number of aliphatic hydroxyl groups is 3. The minimum Gasteiger partial charge on any atom is -0.508 e. The smallest absolute Gasteiger partial charge is 0.330 e. The molecule has 0 amide bonds. The summed E-state index contributed by atoms with van der Waals surface area (Å²) in [7, 11) is 0. The minimum atomic E-state index is -1.83. The first-order valence-corrected chi connectivity index (χ1v) is 12.7. The lowest BCUT2D eigenvalue weighted by atomic mass is 9.99. The summed E-state index contributed by atoms with van der Waals surface area (Å²) in [5.41, 5.74) is 0.639. The number of ketones is 1. The maximum atomic E-state index is 12.6. The van der Waals surface area contributed by atoms with Crippen molar-refractivity contribution in [2.24, 2.45) is 0 Å². The van der Waals surface area contributed by atoms with E-state index in [2.05, 4.69) is 0 Å². The van der Waals surface area contributed by atoms with E-state index in [1.807, 2.05) is 0 Å². The standard InChI is InChI=1S/C30H28O13/c31-17-6-1-15(2-7-17)5-12-24(35)41-14-23-27(38)28(39)29(40)30(43-23)42-22-11-8-18(25(36)26(22)37)19(32)9-3-16-4-10-20(33)21(34)13-16/h1-13,23,27-31,33-34,36-40H,14H2/b9-3+,12-5+/t23-,27-,28-,29-,30+/m0/s1. The molecule has 0 aliphatic carbocycles. The second-order valence-electron chi connectivity index (χ2n) is 9.44. The fourth-order valence-electron chi connectivity index (χ4n) is 4.00. The van der Waals surface area contributed by atoms with E-state index in [0.29, 0.717) is 11.1 Å². The van der Waals surface area contributed by atoms with Crippen LogP contribution in [0.4, 0.5) is 0 Å². The average Bonchev–Trinajstić information content (AvgIpc) is 2.99. The molecule has 5 atom stereocenters. The van der Waals surface area contributed by atoms with Crippen molar-refractivity contribution in [3.63, 3.8) is 0 Å². The minimum absolute atomic E-state index is 0.0512. The van der Waals surface area contributed by atoms with Gasteiger partial charge in [0, 0.05) is 6.08 Å². The summed E-state index contributed by atoms with van der Waals surface area (Å²) >= 11 is 0. The van der Waals surface area contributed by atoms with Crippen LogP contribution in [0.2, 0.25) is 0 Å². The largest absolute Gasteiger partial charge is 0.508 e. The number of phenolic OH excluding ortho intramolecular Hbond substituents is 5. The maximum absolute atomic E-state index is 12.6. The van der Waals surface area contributed by atoms with Crippen LogP contribution in [0, 0.1) is 0 Å². The first-order valence-electron chi connectivity index (χ1n) is 12.7. The second-order valence-corrected chi connectivity index (χ2v) is 9.44. The van der Waals surface area contributed by atoms with Crippen LogP contribution in [0.25, 0.3) is 12.2 Å². The number of hydrogen-bond acceptors (Lipinski definition) is 13. The van der Waals surface area contributed by atoms with E-state index in [1.165, 1.54) is 42.5 Å². The van der Waals surface area contributed by atoms with Crippen molar-refractivity contribution in [2.75, 3.05) is 6.61 Å². The lowest BCUT2D eigenvalue weighted by molar-refractivity contribution is -0.278. The molecule has 1 aliphatic heterocycles. The maximum Gasteiger partial charge on any atom is 0.330 e. The first kappa shape index (κ1) is 30.9. The van der Waals surface area contributed by atoms with E-state index >= 15 is 0 Å². The van der Waals surface area contributed by atoms with Crippen molar-refractivity contribution in [1.29, 1.82) is 0 Å². The molecule has 13 nitrogen and oxygen atoms in total. The topological polar surface area (TPSA) is 224 Å². The Hall–Kier alpha value is -5.08. The molecule has 43 heavy (non-hydrogen) atoms. The highest BCUT2D eigenvalue weighted by Crippen LogP contribution is 2.40. The zero-order valence-electron chi connectivity index (χ0n) is 22.2. The van der Waals surface area contributed by atoms with Gasteiger partial charge in [-0.05, 0) is 59.7 Å². The molecule has 0 unspecified atom stereocenters. The Morgan fingerprint density at radius 2 is 1.42 bits per heavy atom. The third-order valence-corrected chi connectivity index (χ3v) is 6.41. The monoisotopic (exact) mass is 596 g/mol. The zero-order valence-corrected chi connectivity index (χ0v) is 22.2. The fraction of sp³-hybridized carbons (Fsp3) is 0.200. The summed E-state index contributed by atoms with van der Waals surface area (Å²) in [6.45, 7) is -0.556. The molecule has 1 aliphatic rings. The van der Waals surface area contributed by atoms with Crippen molar-refractivity contribution >= 4 is 23.9 Å². The Morgan fingerprint density at radius 1 is 0.744 bits per heavy atom. The molecule has 0 saturated carbocycles. The van der Waals surface area contributed by atoms with Gasteiger partial charge in [-0.25, -0.2) is 4.79 Å². The average molecular weight is 597 g/mol. The van der Waals surface area contributed by atoms with Gasteiger partial charge in [0.2, 0.25) is 12.0 Å². The van der Waals surface area contributed by atoms with Crippen LogP contribution in [-0.2, 0) is 14.3 Å². The lowest BCUT2D eigenvalue weighted by Gasteiger charge is -2.39. The molecule has 1 fully saturated rings. The Labute approximate surface area is 244 Å². The lowest BCUT2D eigenvalue weighted by Crippen LogP contribution is -2.60. The number of ether oxygens (including phenoxy) is 3. The second kappa shape index (κ2) is 13.3. The van der Waals surface area contributed by atoms with Gasteiger partial charge >= 0.3 is 5.97 Å². The van der Waals surface area contributed by atoms with Crippen molar-refractivity contribution < 1.29 is 64.7 Å². The van der Waals surface area contributed by atoms with E-state index in [4.69, 9.17) is 14.2 Å². The molecular weight excluding hydrogens is 568 g/mol. The van der Waals surface area contributed by atoms with E-state index in [0.717, 1.165) is 24.3 Å². The Bertz CT molecular complexity index is 1530. The van der Waals surface area contributed by atoms with Crippen LogP contribution in [-0.4, -0.2) is 89.9 Å². The number of allylic oxidation sites excluding steroid dienone is 1. The molecule has 3 aromatic carbocycles. The number of phenols is 5. The quantitative estimate of drug-likeness (QED) is 0.0761. The van der Waals surface area contributed by atoms with Gasteiger partial charge in [0.05, 0.1) is 5.56 Å². The Balaban J connectivity index is 1.41. The van der Waals surface area contributed by atoms with Gasteiger partial charge in [0.25, 0.3) is 0 Å². The summed E-state index contributed by atoms with van der Waals surface area (Å²) in [4.78, 5) is 24.7. The van der Waals surface area contributed by atoms with Crippen LogP contribution < -0.4 is 4.74 Å². The highest BCUT2D eigenvalue weighted by Gasteiger charge is 2.45. The van der Waals surface area contributed by atoms with E-state index in [9.17, 15) is 50.4 Å². The van der Waals surface area contributed by atoms with Gasteiger partial charge < -0.3 is 55.1 Å². The molecule has 1 heterocycles.